The molecular formula is C9H12NO2S. The second-order valence-corrected chi connectivity index (χ2v) is 4.55. The second-order valence-electron chi connectivity index (χ2n) is 2.70. The predicted molar refractivity (Wildman–Crippen MR) is 52.4 cm³/mol. The standard InChI is InChI=1S/C9H12NO2S/c1-10-8-13(11,12)7-9-5-3-2-4-6-9/h2-6,8,10H,7H2,1H3. The first-order chi connectivity index (χ1) is 6.14. The molecule has 13 heavy (non-hydrogen) atoms. The van der Waals surface area contributed by atoms with E-state index in [1.807, 2.05) is 18.2 Å². The number of nitrogens with one attached hydrogen (secondary N) is 1. The van der Waals surface area contributed by atoms with E-state index in [0.29, 0.717) is 0 Å². The minimum Gasteiger partial charge on any atom is -0.302 e. The van der Waals surface area contributed by atoms with Crippen LogP contribution in [-0.2, 0) is 15.6 Å². The third-order valence-corrected chi connectivity index (χ3v) is 2.84. The van der Waals surface area contributed by atoms with Gasteiger partial charge in [0, 0.05) is 0 Å². The SMILES string of the molecule is CN[CH]S(=O)(=O)Cc1ccccc1. The van der Waals surface area contributed by atoms with Crippen molar-refractivity contribution in [2.75, 3.05) is 7.05 Å². The van der Waals surface area contributed by atoms with Crippen molar-refractivity contribution in [3.05, 3.63) is 41.8 Å². The van der Waals surface area contributed by atoms with E-state index in [9.17, 15) is 8.42 Å². The van der Waals surface area contributed by atoms with E-state index in [4.69, 9.17) is 0 Å². The van der Waals surface area contributed by atoms with Crippen LogP contribution >= 0.6 is 0 Å². The average Bonchev–Trinajstić information content (AvgIpc) is 2.04. The van der Waals surface area contributed by atoms with E-state index in [0.717, 1.165) is 11.4 Å². The molecule has 0 fully saturated rings. The molecule has 0 aliphatic heterocycles. The summed E-state index contributed by atoms with van der Waals surface area (Å²) in [7, 11) is -1.55. The first-order valence-electron chi connectivity index (χ1n) is 3.91. The molecule has 71 valence electrons. The summed E-state index contributed by atoms with van der Waals surface area (Å²) in [5, 5.41) is 2.52. The Hall–Kier alpha value is -0.870. The van der Waals surface area contributed by atoms with E-state index < -0.39 is 9.84 Å². The van der Waals surface area contributed by atoms with Gasteiger partial charge in [-0.1, -0.05) is 30.3 Å². The summed E-state index contributed by atoms with van der Waals surface area (Å²) >= 11 is 0. The van der Waals surface area contributed by atoms with Crippen LogP contribution in [-0.4, -0.2) is 15.5 Å². The predicted octanol–water partition coefficient (Wildman–Crippen LogP) is 0.940. The monoisotopic (exact) mass is 198 g/mol. The van der Waals surface area contributed by atoms with Crippen LogP contribution < -0.4 is 5.32 Å². The molecule has 1 aromatic carbocycles. The van der Waals surface area contributed by atoms with Crippen molar-refractivity contribution in [2.45, 2.75) is 5.75 Å². The number of hydrogen-bond donors (Lipinski definition) is 1. The van der Waals surface area contributed by atoms with Gasteiger partial charge >= 0.3 is 0 Å². The highest BCUT2D eigenvalue weighted by Gasteiger charge is 2.10. The normalized spacial score (nSPS) is 11.5. The summed E-state index contributed by atoms with van der Waals surface area (Å²) in [5.41, 5.74) is 0.800. The molecule has 4 heteroatoms. The van der Waals surface area contributed by atoms with Gasteiger partial charge in [-0.25, -0.2) is 8.42 Å². The molecule has 0 bridgehead atoms. The van der Waals surface area contributed by atoms with Crippen LogP contribution in [0.15, 0.2) is 30.3 Å². The van der Waals surface area contributed by atoms with Crippen molar-refractivity contribution < 1.29 is 8.42 Å². The van der Waals surface area contributed by atoms with Gasteiger partial charge in [0.1, 0.15) is 5.88 Å². The molecule has 0 saturated heterocycles. The van der Waals surface area contributed by atoms with Gasteiger partial charge in [0.2, 0.25) is 0 Å². The number of benzene rings is 1. The van der Waals surface area contributed by atoms with Crippen LogP contribution in [0.25, 0.3) is 0 Å². The Morgan fingerprint density at radius 2 is 1.92 bits per heavy atom. The lowest BCUT2D eigenvalue weighted by Crippen LogP contribution is -2.14. The molecule has 0 heterocycles. The molecule has 1 rings (SSSR count). The molecule has 0 aliphatic carbocycles. The highest BCUT2D eigenvalue weighted by molar-refractivity contribution is 7.92. The quantitative estimate of drug-likeness (QED) is 0.783. The van der Waals surface area contributed by atoms with Gasteiger partial charge in [0.15, 0.2) is 9.84 Å². The van der Waals surface area contributed by atoms with Gasteiger partial charge in [0.05, 0.1) is 5.75 Å². The zero-order valence-electron chi connectivity index (χ0n) is 7.40. The fourth-order valence-corrected chi connectivity index (χ4v) is 2.13. The largest absolute Gasteiger partial charge is 0.302 e. The highest BCUT2D eigenvalue weighted by atomic mass is 32.2. The van der Waals surface area contributed by atoms with Crippen molar-refractivity contribution in [3.63, 3.8) is 0 Å². The molecule has 0 aromatic heterocycles. The van der Waals surface area contributed by atoms with E-state index in [2.05, 4.69) is 5.32 Å². The Balaban J connectivity index is 2.70. The Morgan fingerprint density at radius 1 is 1.31 bits per heavy atom. The summed E-state index contributed by atoms with van der Waals surface area (Å²) in [4.78, 5) is 0. The Labute approximate surface area is 78.7 Å². The maximum absolute atomic E-state index is 11.3. The molecule has 0 aliphatic rings. The molecule has 0 amide bonds. The van der Waals surface area contributed by atoms with Crippen LogP contribution in [0.3, 0.4) is 0 Å². The van der Waals surface area contributed by atoms with Crippen LogP contribution in [0.5, 0.6) is 0 Å². The molecular weight excluding hydrogens is 186 g/mol. The lowest BCUT2D eigenvalue weighted by molar-refractivity contribution is 0.598. The van der Waals surface area contributed by atoms with Gasteiger partial charge in [-0.3, -0.25) is 0 Å². The lowest BCUT2D eigenvalue weighted by Gasteiger charge is -2.01. The molecule has 0 spiro atoms. The van der Waals surface area contributed by atoms with Crippen LogP contribution in [0.2, 0.25) is 0 Å². The first kappa shape index (κ1) is 10.2. The van der Waals surface area contributed by atoms with E-state index in [-0.39, 0.29) is 5.75 Å². The molecule has 1 aromatic rings. The van der Waals surface area contributed by atoms with Crippen molar-refractivity contribution in [1.82, 2.24) is 5.32 Å². The summed E-state index contributed by atoms with van der Waals surface area (Å²) in [6.45, 7) is 0. The summed E-state index contributed by atoms with van der Waals surface area (Å²) in [6, 6.07) is 9.09. The Kier molecular flexibility index (Phi) is 3.45. The molecule has 0 unspecified atom stereocenters. The van der Waals surface area contributed by atoms with Gasteiger partial charge in [-0.2, -0.15) is 0 Å². The maximum Gasteiger partial charge on any atom is 0.172 e. The van der Waals surface area contributed by atoms with Gasteiger partial charge in [0.25, 0.3) is 0 Å². The van der Waals surface area contributed by atoms with Crippen molar-refractivity contribution in [2.24, 2.45) is 0 Å². The summed E-state index contributed by atoms with van der Waals surface area (Å²) in [5.74, 6) is 1.16. The van der Waals surface area contributed by atoms with Crippen molar-refractivity contribution in [3.8, 4) is 0 Å². The third-order valence-electron chi connectivity index (χ3n) is 1.51. The third kappa shape index (κ3) is 3.57. The maximum atomic E-state index is 11.3. The van der Waals surface area contributed by atoms with Crippen molar-refractivity contribution >= 4 is 9.84 Å². The molecule has 0 atom stereocenters. The van der Waals surface area contributed by atoms with Crippen LogP contribution in [0.1, 0.15) is 5.56 Å². The fourth-order valence-electron chi connectivity index (χ4n) is 1.03. The second kappa shape index (κ2) is 4.39. The highest BCUT2D eigenvalue weighted by Crippen LogP contribution is 2.06. The fraction of sp³-hybridized carbons (Fsp3) is 0.222. The Bertz CT molecular complexity index is 345. The number of rotatable bonds is 4. The zero-order valence-corrected chi connectivity index (χ0v) is 8.21. The minimum atomic E-state index is -3.12. The van der Waals surface area contributed by atoms with Gasteiger partial charge < -0.3 is 5.32 Å². The number of sulfone groups is 1. The van der Waals surface area contributed by atoms with E-state index in [1.54, 1.807) is 19.2 Å². The average molecular weight is 198 g/mol. The van der Waals surface area contributed by atoms with Crippen LogP contribution in [0.4, 0.5) is 0 Å². The first-order valence-corrected chi connectivity index (χ1v) is 5.63. The summed E-state index contributed by atoms with van der Waals surface area (Å²) in [6.07, 6.45) is 0. The Morgan fingerprint density at radius 3 is 2.46 bits per heavy atom. The molecule has 1 N–H and O–H groups in total. The van der Waals surface area contributed by atoms with Gasteiger partial charge in [-0.15, -0.1) is 0 Å². The van der Waals surface area contributed by atoms with E-state index >= 15 is 0 Å². The summed E-state index contributed by atoms with van der Waals surface area (Å²) < 4.78 is 22.6. The number of hydrogen-bond acceptors (Lipinski definition) is 3. The zero-order chi connectivity index (χ0) is 9.73. The molecule has 1 radical (unpaired) electrons. The van der Waals surface area contributed by atoms with Crippen LogP contribution in [0, 0.1) is 5.88 Å². The molecule has 3 nitrogen and oxygen atoms in total. The smallest absolute Gasteiger partial charge is 0.172 e. The lowest BCUT2D eigenvalue weighted by atomic mass is 10.2. The minimum absolute atomic E-state index is 0.0503. The van der Waals surface area contributed by atoms with E-state index in [1.165, 1.54) is 0 Å². The van der Waals surface area contributed by atoms with Crippen molar-refractivity contribution in [1.29, 1.82) is 0 Å². The topological polar surface area (TPSA) is 46.2 Å². The van der Waals surface area contributed by atoms with Gasteiger partial charge in [-0.05, 0) is 12.6 Å². The molecule has 0 saturated carbocycles.